The molecule has 0 spiro atoms. The van der Waals surface area contributed by atoms with Gasteiger partial charge in [-0.1, -0.05) is 43.3 Å². The van der Waals surface area contributed by atoms with E-state index in [1.165, 1.54) is 17.7 Å². The number of rotatable bonds is 6. The van der Waals surface area contributed by atoms with Crippen molar-refractivity contribution in [3.8, 4) is 11.4 Å². The van der Waals surface area contributed by atoms with Crippen LogP contribution in [0.4, 0.5) is 10.5 Å². The van der Waals surface area contributed by atoms with Gasteiger partial charge in [0.25, 0.3) is 5.89 Å². The normalized spacial score (nSPS) is 10.7. The number of benzene rings is 2. The number of anilines is 1. The van der Waals surface area contributed by atoms with E-state index < -0.39 is 12.0 Å². The Kier molecular flexibility index (Phi) is 5.69. The van der Waals surface area contributed by atoms with Crippen molar-refractivity contribution in [2.24, 2.45) is 5.73 Å². The minimum atomic E-state index is -0.679. The third kappa shape index (κ3) is 4.73. The number of urea groups is 1. The van der Waals surface area contributed by atoms with E-state index in [4.69, 9.17) is 15.0 Å². The van der Waals surface area contributed by atoms with Crippen LogP contribution in [-0.2, 0) is 11.3 Å². The molecule has 0 atom stereocenters. The van der Waals surface area contributed by atoms with Gasteiger partial charge in [-0.05, 0) is 35.7 Å². The second-order valence-electron chi connectivity index (χ2n) is 6.43. The van der Waals surface area contributed by atoms with Crippen LogP contribution in [0.15, 0.2) is 53.1 Å². The highest BCUT2D eigenvalue weighted by atomic mass is 16.6. The standard InChI is InChI=1S/C20H20N4O4/c1-12(2)13-3-5-14(6-4-13)18-23-17(28-24-18)11-27-19(25)15-7-9-16(10-8-15)22-20(21)26/h3-10,12H,11H2,1-2H3,(H3,21,22,26). The molecule has 0 fully saturated rings. The Labute approximate surface area is 161 Å². The molecule has 3 N–H and O–H groups in total. The van der Waals surface area contributed by atoms with Crippen molar-refractivity contribution in [2.45, 2.75) is 26.4 Å². The van der Waals surface area contributed by atoms with E-state index in [1.807, 2.05) is 24.3 Å². The van der Waals surface area contributed by atoms with Gasteiger partial charge in [-0.2, -0.15) is 4.98 Å². The van der Waals surface area contributed by atoms with Crippen molar-refractivity contribution in [2.75, 3.05) is 5.32 Å². The van der Waals surface area contributed by atoms with Gasteiger partial charge in [0.05, 0.1) is 5.56 Å². The predicted octanol–water partition coefficient (Wildman–Crippen LogP) is 3.71. The Morgan fingerprint density at radius 3 is 2.39 bits per heavy atom. The summed E-state index contributed by atoms with van der Waals surface area (Å²) in [4.78, 5) is 27.2. The number of hydrogen-bond acceptors (Lipinski definition) is 6. The Morgan fingerprint density at radius 2 is 1.79 bits per heavy atom. The summed E-state index contributed by atoms with van der Waals surface area (Å²) in [5.74, 6) is 0.521. The van der Waals surface area contributed by atoms with Gasteiger partial charge < -0.3 is 20.3 Å². The van der Waals surface area contributed by atoms with Crippen molar-refractivity contribution < 1.29 is 18.8 Å². The zero-order valence-electron chi connectivity index (χ0n) is 15.5. The van der Waals surface area contributed by atoms with E-state index in [0.29, 0.717) is 23.0 Å². The molecule has 8 nitrogen and oxygen atoms in total. The molecule has 0 saturated carbocycles. The third-order valence-electron chi connectivity index (χ3n) is 4.02. The number of carbonyl (C=O) groups is 2. The number of carbonyl (C=O) groups excluding carboxylic acids is 2. The number of amides is 2. The van der Waals surface area contributed by atoms with Gasteiger partial charge in [-0.25, -0.2) is 9.59 Å². The third-order valence-corrected chi connectivity index (χ3v) is 4.02. The minimum absolute atomic E-state index is 0.142. The highest BCUT2D eigenvalue weighted by molar-refractivity contribution is 5.91. The van der Waals surface area contributed by atoms with E-state index in [-0.39, 0.29) is 12.5 Å². The Balaban J connectivity index is 1.59. The number of nitrogens with one attached hydrogen (secondary N) is 1. The summed E-state index contributed by atoms with van der Waals surface area (Å²) in [7, 11) is 0. The molecular weight excluding hydrogens is 360 g/mol. The van der Waals surface area contributed by atoms with Crippen molar-refractivity contribution in [1.29, 1.82) is 0 Å². The Bertz CT molecular complexity index is 963. The van der Waals surface area contributed by atoms with Gasteiger partial charge in [0.15, 0.2) is 6.61 Å². The summed E-state index contributed by atoms with van der Waals surface area (Å²) in [5.41, 5.74) is 7.88. The lowest BCUT2D eigenvalue weighted by atomic mass is 10.0. The number of nitrogens with two attached hydrogens (primary N) is 1. The Morgan fingerprint density at radius 1 is 1.11 bits per heavy atom. The Hall–Kier alpha value is -3.68. The molecule has 3 rings (SSSR count). The van der Waals surface area contributed by atoms with E-state index in [9.17, 15) is 9.59 Å². The largest absolute Gasteiger partial charge is 0.452 e. The highest BCUT2D eigenvalue weighted by Gasteiger charge is 2.13. The van der Waals surface area contributed by atoms with Crippen LogP contribution < -0.4 is 11.1 Å². The molecule has 0 bridgehead atoms. The van der Waals surface area contributed by atoms with E-state index in [0.717, 1.165) is 5.56 Å². The fourth-order valence-electron chi connectivity index (χ4n) is 2.49. The first kappa shape index (κ1) is 19.1. The molecule has 0 aliphatic rings. The van der Waals surface area contributed by atoms with Gasteiger partial charge in [-0.3, -0.25) is 0 Å². The van der Waals surface area contributed by atoms with Crippen LogP contribution >= 0.6 is 0 Å². The SMILES string of the molecule is CC(C)c1ccc(-c2noc(COC(=O)c3ccc(NC(N)=O)cc3)n2)cc1. The molecule has 1 aromatic heterocycles. The van der Waals surface area contributed by atoms with Crippen LogP contribution in [-0.4, -0.2) is 22.1 Å². The van der Waals surface area contributed by atoms with Crippen LogP contribution in [0.1, 0.15) is 41.6 Å². The number of ether oxygens (including phenoxy) is 1. The molecule has 8 heteroatoms. The van der Waals surface area contributed by atoms with Gasteiger partial charge in [0, 0.05) is 11.3 Å². The topological polar surface area (TPSA) is 120 Å². The molecule has 0 aliphatic heterocycles. The second-order valence-corrected chi connectivity index (χ2v) is 6.43. The number of aromatic nitrogens is 2. The van der Waals surface area contributed by atoms with Gasteiger partial charge in [-0.15, -0.1) is 0 Å². The smallest absolute Gasteiger partial charge is 0.338 e. The van der Waals surface area contributed by atoms with E-state index in [2.05, 4.69) is 29.3 Å². The first-order valence-corrected chi connectivity index (χ1v) is 8.69. The first-order valence-electron chi connectivity index (χ1n) is 8.69. The average Bonchev–Trinajstić information content (AvgIpc) is 3.15. The van der Waals surface area contributed by atoms with Gasteiger partial charge >= 0.3 is 12.0 Å². The predicted molar refractivity (Wildman–Crippen MR) is 103 cm³/mol. The van der Waals surface area contributed by atoms with Crippen LogP contribution in [0.5, 0.6) is 0 Å². The quantitative estimate of drug-likeness (QED) is 0.629. The highest BCUT2D eigenvalue weighted by Crippen LogP contribution is 2.21. The molecule has 0 saturated heterocycles. The fraction of sp³-hybridized carbons (Fsp3) is 0.200. The van der Waals surface area contributed by atoms with Gasteiger partial charge in [0.2, 0.25) is 5.82 Å². The summed E-state index contributed by atoms with van der Waals surface area (Å²) >= 11 is 0. The maximum atomic E-state index is 12.1. The molecule has 144 valence electrons. The minimum Gasteiger partial charge on any atom is -0.452 e. The molecule has 1 heterocycles. The average molecular weight is 380 g/mol. The van der Waals surface area contributed by atoms with Crippen molar-refractivity contribution in [3.05, 3.63) is 65.5 Å². The summed E-state index contributed by atoms with van der Waals surface area (Å²) < 4.78 is 10.3. The lowest BCUT2D eigenvalue weighted by Crippen LogP contribution is -2.19. The van der Waals surface area contributed by atoms with Crippen LogP contribution in [0.25, 0.3) is 11.4 Å². The summed E-state index contributed by atoms with van der Waals surface area (Å²) in [6.45, 7) is 4.10. The molecular formula is C20H20N4O4. The van der Waals surface area contributed by atoms with Crippen LogP contribution in [0.3, 0.4) is 0 Å². The molecule has 0 unspecified atom stereocenters. The molecule has 0 aliphatic carbocycles. The summed E-state index contributed by atoms with van der Waals surface area (Å²) in [6, 6.07) is 13.3. The number of primary amides is 1. The zero-order chi connectivity index (χ0) is 20.1. The monoisotopic (exact) mass is 380 g/mol. The van der Waals surface area contributed by atoms with Crippen molar-refractivity contribution in [3.63, 3.8) is 0 Å². The zero-order valence-corrected chi connectivity index (χ0v) is 15.5. The number of hydrogen-bond donors (Lipinski definition) is 2. The molecule has 3 aromatic rings. The maximum Gasteiger partial charge on any atom is 0.338 e. The van der Waals surface area contributed by atoms with Gasteiger partial charge in [0.1, 0.15) is 0 Å². The molecule has 2 amide bonds. The number of nitrogens with zero attached hydrogens (tertiary/aromatic N) is 2. The second kappa shape index (κ2) is 8.34. The lowest BCUT2D eigenvalue weighted by molar-refractivity contribution is 0.0430. The van der Waals surface area contributed by atoms with E-state index >= 15 is 0 Å². The van der Waals surface area contributed by atoms with Crippen molar-refractivity contribution >= 4 is 17.7 Å². The summed E-state index contributed by atoms with van der Waals surface area (Å²) in [6.07, 6.45) is 0. The van der Waals surface area contributed by atoms with Crippen molar-refractivity contribution in [1.82, 2.24) is 10.1 Å². The van der Waals surface area contributed by atoms with E-state index in [1.54, 1.807) is 12.1 Å². The van der Waals surface area contributed by atoms with Crippen LogP contribution in [0, 0.1) is 0 Å². The lowest BCUT2D eigenvalue weighted by Gasteiger charge is -2.04. The molecule has 28 heavy (non-hydrogen) atoms. The summed E-state index contributed by atoms with van der Waals surface area (Å²) in [5, 5.41) is 6.33. The number of esters is 1. The molecule has 2 aromatic carbocycles. The maximum absolute atomic E-state index is 12.1. The molecule has 0 radical (unpaired) electrons. The first-order chi connectivity index (χ1) is 13.4. The van der Waals surface area contributed by atoms with Crippen LogP contribution in [0.2, 0.25) is 0 Å². The fourth-order valence-corrected chi connectivity index (χ4v) is 2.49.